The first-order chi connectivity index (χ1) is 9.83. The maximum absolute atomic E-state index is 11.4. The van der Waals surface area contributed by atoms with Gasteiger partial charge in [0.2, 0.25) is 0 Å². The Hall–Kier alpha value is -2.34. The fourth-order valence-electron chi connectivity index (χ4n) is 2.42. The van der Waals surface area contributed by atoms with Gasteiger partial charge in [0.15, 0.2) is 5.60 Å². The Bertz CT molecular complexity index is 678. The van der Waals surface area contributed by atoms with Gasteiger partial charge in [0.1, 0.15) is 0 Å². The van der Waals surface area contributed by atoms with Gasteiger partial charge in [-0.05, 0) is 11.6 Å². The summed E-state index contributed by atoms with van der Waals surface area (Å²) >= 11 is 0. The van der Waals surface area contributed by atoms with Crippen molar-refractivity contribution in [3.63, 3.8) is 0 Å². The van der Waals surface area contributed by atoms with E-state index in [-0.39, 0.29) is 12.8 Å². The largest absolute Gasteiger partial charge is 0.481 e. The highest BCUT2D eigenvalue weighted by molar-refractivity contribution is 5.85. The molecule has 0 amide bonds. The molecular formula is C15H17NO5. The van der Waals surface area contributed by atoms with E-state index in [0.29, 0.717) is 5.56 Å². The number of aromatic amines is 1. The van der Waals surface area contributed by atoms with E-state index < -0.39 is 23.5 Å². The molecule has 0 aliphatic carbocycles. The second-order valence-electron chi connectivity index (χ2n) is 5.32. The molecule has 1 aromatic carbocycles. The molecule has 1 heterocycles. The lowest BCUT2D eigenvalue weighted by Crippen LogP contribution is -2.43. The van der Waals surface area contributed by atoms with Crippen molar-refractivity contribution in [1.29, 1.82) is 0 Å². The number of carbonyl (C=O) groups is 2. The average Bonchev–Trinajstić information content (AvgIpc) is 2.81. The summed E-state index contributed by atoms with van der Waals surface area (Å²) in [6.07, 6.45) is 1.14. The predicted molar refractivity (Wildman–Crippen MR) is 76.0 cm³/mol. The van der Waals surface area contributed by atoms with Gasteiger partial charge < -0.3 is 20.3 Å². The molecule has 0 aliphatic heterocycles. The number of benzene rings is 1. The van der Waals surface area contributed by atoms with E-state index in [4.69, 9.17) is 5.11 Å². The van der Waals surface area contributed by atoms with Crippen LogP contribution in [0.2, 0.25) is 0 Å². The molecule has 4 N–H and O–H groups in total. The normalized spacial score (nSPS) is 15.5. The zero-order chi connectivity index (χ0) is 15.6. The number of rotatable bonds is 6. The van der Waals surface area contributed by atoms with Gasteiger partial charge in [0.25, 0.3) is 0 Å². The van der Waals surface area contributed by atoms with E-state index in [1.807, 2.05) is 24.3 Å². The van der Waals surface area contributed by atoms with Crippen molar-refractivity contribution in [2.24, 2.45) is 5.92 Å². The maximum atomic E-state index is 11.4. The second kappa shape index (κ2) is 5.57. The van der Waals surface area contributed by atoms with Gasteiger partial charge >= 0.3 is 11.9 Å². The summed E-state index contributed by atoms with van der Waals surface area (Å²) < 4.78 is 0. The summed E-state index contributed by atoms with van der Waals surface area (Å²) in [5.41, 5.74) is -0.623. The average molecular weight is 291 g/mol. The van der Waals surface area contributed by atoms with Crippen molar-refractivity contribution in [3.8, 4) is 0 Å². The molecule has 2 unspecified atom stereocenters. The number of hydrogen-bond donors (Lipinski definition) is 4. The minimum Gasteiger partial charge on any atom is -0.481 e. The lowest BCUT2D eigenvalue weighted by molar-refractivity contribution is -0.162. The Morgan fingerprint density at radius 3 is 2.57 bits per heavy atom. The second-order valence-corrected chi connectivity index (χ2v) is 5.32. The highest BCUT2D eigenvalue weighted by atomic mass is 16.4. The number of fused-ring (bicyclic) bond motifs is 1. The molecule has 2 atom stereocenters. The molecule has 112 valence electrons. The van der Waals surface area contributed by atoms with Crippen LogP contribution in [0.15, 0.2) is 30.5 Å². The molecule has 6 heteroatoms. The standard InChI is InChI=1S/C15H17NO5/c1-9(13(17)18)6-15(21,14(19)20)7-10-8-16-12-5-3-2-4-11(10)12/h2-5,8-9,16,21H,6-7H2,1H3,(H,17,18)(H,19,20). The predicted octanol–water partition coefficient (Wildman–Crippen LogP) is 1.64. The Balaban J connectivity index is 2.31. The van der Waals surface area contributed by atoms with Crippen molar-refractivity contribution in [1.82, 2.24) is 4.98 Å². The molecule has 2 rings (SSSR count). The van der Waals surface area contributed by atoms with Crippen molar-refractivity contribution >= 4 is 22.8 Å². The lowest BCUT2D eigenvalue weighted by atomic mass is 9.86. The molecule has 0 saturated heterocycles. The van der Waals surface area contributed by atoms with Crippen LogP contribution in [-0.4, -0.2) is 37.8 Å². The number of para-hydroxylation sites is 1. The molecular weight excluding hydrogens is 274 g/mol. The Labute approximate surface area is 121 Å². The van der Waals surface area contributed by atoms with Gasteiger partial charge in [-0.1, -0.05) is 25.1 Å². The van der Waals surface area contributed by atoms with Gasteiger partial charge in [-0.15, -0.1) is 0 Å². The number of hydrogen-bond acceptors (Lipinski definition) is 3. The van der Waals surface area contributed by atoms with Crippen LogP contribution in [0.3, 0.4) is 0 Å². The number of carboxylic acids is 2. The first-order valence-corrected chi connectivity index (χ1v) is 6.57. The van der Waals surface area contributed by atoms with Crippen LogP contribution in [0.1, 0.15) is 18.9 Å². The number of aliphatic hydroxyl groups is 1. The first-order valence-electron chi connectivity index (χ1n) is 6.57. The quantitative estimate of drug-likeness (QED) is 0.646. The van der Waals surface area contributed by atoms with Crippen LogP contribution in [0.25, 0.3) is 10.9 Å². The number of carboxylic acid groups (broad SMARTS) is 2. The molecule has 0 radical (unpaired) electrons. The highest BCUT2D eigenvalue weighted by Crippen LogP contribution is 2.27. The topological polar surface area (TPSA) is 111 Å². The summed E-state index contributed by atoms with van der Waals surface area (Å²) in [6, 6.07) is 7.33. The minimum absolute atomic E-state index is 0.149. The molecule has 0 spiro atoms. The van der Waals surface area contributed by atoms with Gasteiger partial charge in [-0.3, -0.25) is 4.79 Å². The molecule has 6 nitrogen and oxygen atoms in total. The van der Waals surface area contributed by atoms with Crippen LogP contribution in [0.4, 0.5) is 0 Å². The first kappa shape index (κ1) is 15.1. The molecule has 21 heavy (non-hydrogen) atoms. The molecule has 0 aliphatic rings. The maximum Gasteiger partial charge on any atom is 0.336 e. The van der Waals surface area contributed by atoms with Gasteiger partial charge in [-0.25, -0.2) is 4.79 Å². The molecule has 2 aromatic rings. The zero-order valence-corrected chi connectivity index (χ0v) is 11.5. The summed E-state index contributed by atoms with van der Waals surface area (Å²) in [5.74, 6) is -3.49. The van der Waals surface area contributed by atoms with Gasteiger partial charge in [0, 0.05) is 29.9 Å². The summed E-state index contributed by atoms with van der Waals surface area (Å²) in [6.45, 7) is 1.38. The van der Waals surface area contributed by atoms with Crippen molar-refractivity contribution < 1.29 is 24.9 Å². The molecule has 0 bridgehead atoms. The van der Waals surface area contributed by atoms with E-state index in [1.54, 1.807) is 6.20 Å². The van der Waals surface area contributed by atoms with Crippen LogP contribution < -0.4 is 0 Å². The number of aromatic nitrogens is 1. The fourth-order valence-corrected chi connectivity index (χ4v) is 2.42. The number of nitrogens with one attached hydrogen (secondary N) is 1. The zero-order valence-electron chi connectivity index (χ0n) is 11.5. The van der Waals surface area contributed by atoms with E-state index >= 15 is 0 Å². The van der Waals surface area contributed by atoms with E-state index in [2.05, 4.69) is 4.98 Å². The van der Waals surface area contributed by atoms with Gasteiger partial charge in [-0.2, -0.15) is 0 Å². The van der Waals surface area contributed by atoms with E-state index in [0.717, 1.165) is 10.9 Å². The fraction of sp³-hybridized carbons (Fsp3) is 0.333. The van der Waals surface area contributed by atoms with Crippen molar-refractivity contribution in [3.05, 3.63) is 36.0 Å². The smallest absolute Gasteiger partial charge is 0.336 e. The van der Waals surface area contributed by atoms with Crippen molar-refractivity contribution in [2.75, 3.05) is 0 Å². The Morgan fingerprint density at radius 2 is 1.95 bits per heavy atom. The van der Waals surface area contributed by atoms with Crippen LogP contribution in [0, 0.1) is 5.92 Å². The van der Waals surface area contributed by atoms with Crippen LogP contribution >= 0.6 is 0 Å². The van der Waals surface area contributed by atoms with Crippen LogP contribution in [-0.2, 0) is 16.0 Å². The van der Waals surface area contributed by atoms with Crippen LogP contribution in [0.5, 0.6) is 0 Å². The lowest BCUT2D eigenvalue weighted by Gasteiger charge is -2.25. The SMILES string of the molecule is CC(CC(O)(Cc1c[nH]c2ccccc12)C(=O)O)C(=O)O. The minimum atomic E-state index is -2.11. The molecule has 0 saturated carbocycles. The third-order valence-corrected chi connectivity index (χ3v) is 3.62. The summed E-state index contributed by atoms with van der Waals surface area (Å²) in [5, 5.41) is 29.4. The van der Waals surface area contributed by atoms with E-state index in [1.165, 1.54) is 6.92 Å². The van der Waals surface area contributed by atoms with Crippen molar-refractivity contribution in [2.45, 2.75) is 25.4 Å². The third-order valence-electron chi connectivity index (χ3n) is 3.62. The van der Waals surface area contributed by atoms with E-state index in [9.17, 15) is 19.8 Å². The Kier molecular flexibility index (Phi) is 3.99. The number of H-pyrrole nitrogens is 1. The highest BCUT2D eigenvalue weighted by Gasteiger charge is 2.39. The summed E-state index contributed by atoms with van der Waals surface area (Å²) in [4.78, 5) is 25.3. The Morgan fingerprint density at radius 1 is 1.29 bits per heavy atom. The monoisotopic (exact) mass is 291 g/mol. The summed E-state index contributed by atoms with van der Waals surface area (Å²) in [7, 11) is 0. The number of aliphatic carboxylic acids is 2. The van der Waals surface area contributed by atoms with Gasteiger partial charge in [0.05, 0.1) is 5.92 Å². The molecule has 0 fully saturated rings. The third kappa shape index (κ3) is 3.05. The molecule has 1 aromatic heterocycles.